The first-order chi connectivity index (χ1) is 8.72. The molecule has 2 rings (SSSR count). The minimum atomic E-state index is 0.231. The van der Waals surface area contributed by atoms with Gasteiger partial charge in [-0.15, -0.1) is 0 Å². The van der Waals surface area contributed by atoms with Crippen molar-refractivity contribution in [2.24, 2.45) is 5.92 Å². The molecule has 1 aliphatic heterocycles. The van der Waals surface area contributed by atoms with E-state index in [-0.39, 0.29) is 6.04 Å². The zero-order chi connectivity index (χ0) is 13.0. The van der Waals surface area contributed by atoms with Crippen LogP contribution in [0, 0.1) is 5.92 Å². The van der Waals surface area contributed by atoms with Crippen LogP contribution in [-0.2, 0) is 9.57 Å². The van der Waals surface area contributed by atoms with E-state index in [0.717, 1.165) is 43.3 Å². The average Bonchev–Trinajstić information content (AvgIpc) is 2.84. The molecule has 0 saturated carbocycles. The van der Waals surface area contributed by atoms with Crippen molar-refractivity contribution < 1.29 is 9.57 Å². The summed E-state index contributed by atoms with van der Waals surface area (Å²) in [4.78, 5) is 5.20. The summed E-state index contributed by atoms with van der Waals surface area (Å²) in [5.74, 6) is 1.43. The molecule has 0 amide bonds. The Morgan fingerprint density at radius 1 is 1.56 bits per heavy atom. The summed E-state index contributed by atoms with van der Waals surface area (Å²) in [7, 11) is 3.63. The van der Waals surface area contributed by atoms with Gasteiger partial charge in [-0.1, -0.05) is 11.6 Å². The molecule has 1 fully saturated rings. The van der Waals surface area contributed by atoms with Crippen LogP contribution < -0.4 is 5.32 Å². The highest BCUT2D eigenvalue weighted by molar-refractivity contribution is 6.30. The van der Waals surface area contributed by atoms with Crippen LogP contribution in [0.3, 0.4) is 0 Å². The highest BCUT2D eigenvalue weighted by atomic mass is 35.5. The number of hydrogen-bond acceptors (Lipinski definition) is 4. The molecular formula is C13H21ClN2O2. The number of nitrogens with one attached hydrogen (secondary N) is 1. The maximum atomic E-state index is 6.17. The Kier molecular flexibility index (Phi) is 5.06. The van der Waals surface area contributed by atoms with Gasteiger partial charge in [-0.25, -0.2) is 0 Å². The monoisotopic (exact) mass is 272 g/mol. The first kappa shape index (κ1) is 13.9. The second kappa shape index (κ2) is 6.57. The average molecular weight is 273 g/mol. The van der Waals surface area contributed by atoms with Gasteiger partial charge in [0, 0.05) is 30.1 Å². The maximum absolute atomic E-state index is 6.17. The van der Waals surface area contributed by atoms with Gasteiger partial charge in [0.05, 0.1) is 13.7 Å². The van der Waals surface area contributed by atoms with Crippen molar-refractivity contribution >= 4 is 11.6 Å². The zero-order valence-electron chi connectivity index (χ0n) is 11.0. The molecule has 0 radical (unpaired) electrons. The van der Waals surface area contributed by atoms with E-state index in [1.807, 2.05) is 18.2 Å². The van der Waals surface area contributed by atoms with Gasteiger partial charge in [0.1, 0.15) is 5.76 Å². The predicted octanol–water partition coefficient (Wildman–Crippen LogP) is 1.88. The molecule has 4 nitrogen and oxygen atoms in total. The molecule has 0 aromatic carbocycles. The Labute approximate surface area is 114 Å². The van der Waals surface area contributed by atoms with E-state index in [1.165, 1.54) is 0 Å². The van der Waals surface area contributed by atoms with Crippen LogP contribution in [0.2, 0.25) is 0 Å². The Morgan fingerprint density at radius 2 is 2.39 bits per heavy atom. The van der Waals surface area contributed by atoms with Crippen LogP contribution in [0.25, 0.3) is 0 Å². The van der Waals surface area contributed by atoms with Gasteiger partial charge >= 0.3 is 0 Å². The highest BCUT2D eigenvalue weighted by Gasteiger charge is 2.23. The topological polar surface area (TPSA) is 33.7 Å². The van der Waals surface area contributed by atoms with Crippen LogP contribution >= 0.6 is 11.6 Å². The molecular weight excluding hydrogens is 252 g/mol. The number of hydroxylamine groups is 2. The summed E-state index contributed by atoms with van der Waals surface area (Å²) >= 11 is 6.17. The Balaban J connectivity index is 1.77. The zero-order valence-corrected chi connectivity index (χ0v) is 11.7. The quantitative estimate of drug-likeness (QED) is 0.829. The van der Waals surface area contributed by atoms with Crippen molar-refractivity contribution in [2.75, 3.05) is 33.9 Å². The number of nitrogens with zero attached hydrogens (tertiary/aromatic N) is 1. The third-order valence-corrected chi connectivity index (χ3v) is 3.88. The Morgan fingerprint density at radius 3 is 3.00 bits per heavy atom. The number of allylic oxidation sites excluding steroid dienone is 1. The van der Waals surface area contributed by atoms with E-state index in [4.69, 9.17) is 21.2 Å². The molecule has 2 unspecified atom stereocenters. The number of halogens is 1. The molecule has 1 saturated heterocycles. The fourth-order valence-corrected chi connectivity index (χ4v) is 2.62. The lowest BCUT2D eigenvalue weighted by Crippen LogP contribution is -2.27. The number of ether oxygens (including phenoxy) is 1. The molecule has 1 N–H and O–H groups in total. The summed E-state index contributed by atoms with van der Waals surface area (Å²) in [6, 6.07) is 0.231. The molecule has 2 aliphatic rings. The second-order valence-electron chi connectivity index (χ2n) is 4.75. The molecule has 5 heteroatoms. The molecule has 1 heterocycles. The Hall–Kier alpha value is -0.550. The first-order valence-electron chi connectivity index (χ1n) is 6.39. The van der Waals surface area contributed by atoms with Crippen LogP contribution in [-0.4, -0.2) is 45.0 Å². The Bertz CT molecular complexity index is 344. The lowest BCUT2D eigenvalue weighted by molar-refractivity contribution is -0.115. The molecule has 18 heavy (non-hydrogen) atoms. The van der Waals surface area contributed by atoms with Gasteiger partial charge in [-0.3, -0.25) is 0 Å². The van der Waals surface area contributed by atoms with Gasteiger partial charge in [0.25, 0.3) is 0 Å². The van der Waals surface area contributed by atoms with Gasteiger partial charge in [-0.2, -0.15) is 5.06 Å². The SMILES string of the molecule is CNC1CC=C(OCC2CCN(OC)C2)C=C1Cl. The third-order valence-electron chi connectivity index (χ3n) is 3.51. The summed E-state index contributed by atoms with van der Waals surface area (Å²) in [5.41, 5.74) is 0. The van der Waals surface area contributed by atoms with Crippen molar-refractivity contribution in [2.45, 2.75) is 18.9 Å². The molecule has 0 aromatic rings. The minimum Gasteiger partial charge on any atom is -0.494 e. The molecule has 0 aromatic heterocycles. The lowest BCUT2D eigenvalue weighted by Gasteiger charge is -2.20. The number of likely N-dealkylation sites (N-methyl/N-ethyl adjacent to an activating group) is 1. The van der Waals surface area contributed by atoms with Gasteiger partial charge in [0.15, 0.2) is 0 Å². The van der Waals surface area contributed by atoms with Gasteiger partial charge < -0.3 is 14.9 Å². The second-order valence-corrected chi connectivity index (χ2v) is 5.19. The molecule has 0 spiro atoms. The van der Waals surface area contributed by atoms with Crippen LogP contribution in [0.4, 0.5) is 0 Å². The van der Waals surface area contributed by atoms with Crippen molar-refractivity contribution in [3.63, 3.8) is 0 Å². The van der Waals surface area contributed by atoms with E-state index in [2.05, 4.69) is 11.4 Å². The molecule has 0 bridgehead atoms. The van der Waals surface area contributed by atoms with E-state index >= 15 is 0 Å². The summed E-state index contributed by atoms with van der Waals surface area (Å²) in [6.07, 6.45) is 6.01. The van der Waals surface area contributed by atoms with Crippen LogP contribution in [0.5, 0.6) is 0 Å². The van der Waals surface area contributed by atoms with Gasteiger partial charge in [-0.05, 0) is 32.0 Å². The summed E-state index contributed by atoms with van der Waals surface area (Å²) < 4.78 is 5.81. The lowest BCUT2D eigenvalue weighted by atomic mass is 10.1. The first-order valence-corrected chi connectivity index (χ1v) is 6.77. The standard InChI is InChI=1S/C13H21ClN2O2/c1-15-13-4-3-11(7-12(13)14)18-9-10-5-6-16(8-10)17-2/h3,7,10,13,15H,4-6,8-9H2,1-2H3. The van der Waals surface area contributed by atoms with Crippen LogP contribution in [0.1, 0.15) is 12.8 Å². The van der Waals surface area contributed by atoms with E-state index in [9.17, 15) is 0 Å². The number of hydrogen-bond donors (Lipinski definition) is 1. The largest absolute Gasteiger partial charge is 0.494 e. The summed E-state index contributed by atoms with van der Waals surface area (Å²) in [5, 5.41) is 5.96. The minimum absolute atomic E-state index is 0.231. The van der Waals surface area contributed by atoms with Crippen LogP contribution in [0.15, 0.2) is 22.9 Å². The van der Waals surface area contributed by atoms with E-state index in [0.29, 0.717) is 5.92 Å². The maximum Gasteiger partial charge on any atom is 0.116 e. The molecule has 1 aliphatic carbocycles. The smallest absolute Gasteiger partial charge is 0.116 e. The van der Waals surface area contributed by atoms with Crippen molar-refractivity contribution in [3.05, 3.63) is 22.9 Å². The molecule has 102 valence electrons. The van der Waals surface area contributed by atoms with Gasteiger partial charge in [0.2, 0.25) is 0 Å². The summed E-state index contributed by atoms with van der Waals surface area (Å²) in [6.45, 7) is 2.67. The predicted molar refractivity (Wildman–Crippen MR) is 72.1 cm³/mol. The van der Waals surface area contributed by atoms with Crippen molar-refractivity contribution in [3.8, 4) is 0 Å². The fraction of sp³-hybridized carbons (Fsp3) is 0.692. The number of rotatable bonds is 5. The van der Waals surface area contributed by atoms with Crippen molar-refractivity contribution in [1.82, 2.24) is 10.4 Å². The van der Waals surface area contributed by atoms with E-state index in [1.54, 1.807) is 7.11 Å². The normalized spacial score (nSPS) is 29.1. The molecule has 2 atom stereocenters. The third kappa shape index (κ3) is 3.48. The highest BCUT2D eigenvalue weighted by Crippen LogP contribution is 2.23. The van der Waals surface area contributed by atoms with E-state index < -0.39 is 0 Å². The van der Waals surface area contributed by atoms with Crippen molar-refractivity contribution in [1.29, 1.82) is 0 Å². The fourth-order valence-electron chi connectivity index (χ4n) is 2.31.